The standard InChI is InChI=1S/C27H20F2N4O2.C27H23N3O3.C27H25N3O3/c1-27(2,9-10-30)25-24(19-8-3-15(26(34)35)11-21(19)29)20-13-22-16(14-31-32-22)12-23(20)33(25)18-6-4-17(28)5-7-18;31-27(32)19-8-6-17(7-9-19)25-22-15-23-20(16-28-29-23)14-24(22)30(21-4-2-1-3-5-21)26(25)18-10-12-33-13-11-18;1-27(2,16-33-3)25-24(17-9-11-18(12-10-17)26(31)32)21-14-22-19(15-28-29-22)13-23(21)30(25)20-7-5-4-6-8-20/h3-8,11-14H,9H2,1-2H3,(H,31,32)(H,34,35);1-9,14-16,18H,10-13H2,(H,28,29)(H,31,32);4-15H,16H2,1-3H3,(H,28,29)(H,31,32). The summed E-state index contributed by atoms with van der Waals surface area (Å²) in [4.78, 5) is 34.3. The van der Waals surface area contributed by atoms with E-state index in [1.807, 2.05) is 91.5 Å². The van der Waals surface area contributed by atoms with Crippen molar-refractivity contribution in [3.8, 4) is 56.5 Å². The predicted octanol–water partition coefficient (Wildman–Crippen LogP) is 17.9. The van der Waals surface area contributed by atoms with Crippen molar-refractivity contribution in [2.24, 2.45) is 0 Å². The van der Waals surface area contributed by atoms with E-state index in [-0.39, 0.29) is 34.1 Å². The Morgan fingerprint density at radius 1 is 0.535 bits per heavy atom. The number of fused-ring (bicyclic) bond motifs is 6. The van der Waals surface area contributed by atoms with Crippen LogP contribution in [0.4, 0.5) is 8.78 Å². The highest BCUT2D eigenvalue weighted by atomic mass is 19.1. The van der Waals surface area contributed by atoms with Crippen molar-refractivity contribution in [3.63, 3.8) is 0 Å². The molecule has 9 aromatic carbocycles. The molecule has 0 unspecified atom stereocenters. The number of aromatic carboxylic acids is 3. The topological polar surface area (TPSA) is 255 Å². The molecule has 504 valence electrons. The summed E-state index contributed by atoms with van der Waals surface area (Å²) in [5.74, 6) is -3.84. The number of para-hydroxylation sites is 2. The molecule has 16 rings (SSSR count). The molecule has 0 spiro atoms. The van der Waals surface area contributed by atoms with Crippen LogP contribution in [-0.4, -0.2) is 104 Å². The second-order valence-corrected chi connectivity index (χ2v) is 26.5. The number of nitriles is 1. The largest absolute Gasteiger partial charge is 0.478 e. The minimum absolute atomic E-state index is 0.131. The Hall–Kier alpha value is -12.3. The minimum Gasteiger partial charge on any atom is -0.478 e. The Morgan fingerprint density at radius 2 is 0.960 bits per heavy atom. The Labute approximate surface area is 577 Å². The highest BCUT2D eigenvalue weighted by molar-refractivity contribution is 6.09. The van der Waals surface area contributed by atoms with E-state index in [2.05, 4.69) is 120 Å². The summed E-state index contributed by atoms with van der Waals surface area (Å²) in [7, 11) is 1.72. The monoisotopic (exact) mass is 1350 g/mol. The molecule has 18 nitrogen and oxygen atoms in total. The lowest BCUT2D eigenvalue weighted by atomic mass is 9.81. The Kier molecular flexibility index (Phi) is 17.5. The van der Waals surface area contributed by atoms with Gasteiger partial charge < -0.3 is 38.5 Å². The summed E-state index contributed by atoms with van der Waals surface area (Å²) in [5.41, 5.74) is 15.6. The van der Waals surface area contributed by atoms with Crippen LogP contribution in [0.1, 0.15) is 101 Å². The van der Waals surface area contributed by atoms with Crippen LogP contribution >= 0.6 is 0 Å². The fourth-order valence-corrected chi connectivity index (χ4v) is 14.4. The van der Waals surface area contributed by atoms with Crippen LogP contribution < -0.4 is 0 Å². The zero-order valence-electron chi connectivity index (χ0n) is 55.7. The Balaban J connectivity index is 0.000000129. The Morgan fingerprint density at radius 3 is 1.43 bits per heavy atom. The third-order valence-corrected chi connectivity index (χ3v) is 19.0. The second kappa shape index (κ2) is 26.8. The second-order valence-electron chi connectivity index (χ2n) is 26.5. The number of nitrogens with zero attached hydrogens (tertiary/aromatic N) is 7. The van der Waals surface area contributed by atoms with Gasteiger partial charge in [0.25, 0.3) is 0 Å². The molecule has 6 N–H and O–H groups in total. The van der Waals surface area contributed by atoms with Crippen molar-refractivity contribution < 1.29 is 48.0 Å². The molecular weight excluding hydrogens is 1280 g/mol. The maximum atomic E-state index is 15.5. The molecule has 0 saturated carbocycles. The summed E-state index contributed by atoms with van der Waals surface area (Å²) < 4.78 is 47.2. The number of aromatic amines is 3. The minimum atomic E-state index is -1.23. The number of carboxylic acid groups (broad SMARTS) is 3. The number of rotatable bonds is 15. The van der Waals surface area contributed by atoms with Gasteiger partial charge in [-0.2, -0.15) is 20.6 Å². The van der Waals surface area contributed by atoms with E-state index in [0.717, 1.165) is 131 Å². The average molecular weight is 1350 g/mol. The number of nitrogens with one attached hydrogen (secondary N) is 3. The van der Waals surface area contributed by atoms with Gasteiger partial charge in [-0.3, -0.25) is 15.3 Å². The fourth-order valence-electron chi connectivity index (χ4n) is 14.4. The third-order valence-electron chi connectivity index (χ3n) is 19.0. The van der Waals surface area contributed by atoms with E-state index in [1.165, 1.54) is 30.0 Å². The lowest BCUT2D eigenvalue weighted by Crippen LogP contribution is -2.27. The van der Waals surface area contributed by atoms with E-state index in [4.69, 9.17) is 9.47 Å². The van der Waals surface area contributed by atoms with Crippen LogP contribution in [0.5, 0.6) is 0 Å². The van der Waals surface area contributed by atoms with Crippen LogP contribution in [0.25, 0.3) is 116 Å². The van der Waals surface area contributed by atoms with E-state index < -0.39 is 35.0 Å². The number of methoxy groups -OCH3 is 1. The lowest BCUT2D eigenvalue weighted by molar-refractivity contribution is 0.0686. The molecule has 1 aliphatic heterocycles. The molecule has 1 fully saturated rings. The molecule has 1 saturated heterocycles. The smallest absolute Gasteiger partial charge is 0.335 e. The first-order valence-corrected chi connectivity index (χ1v) is 32.9. The number of benzene rings is 9. The summed E-state index contributed by atoms with van der Waals surface area (Å²) in [6.07, 6.45) is 7.39. The van der Waals surface area contributed by atoms with Gasteiger partial charge in [-0.05, 0) is 145 Å². The number of H-pyrrole nitrogens is 3. The summed E-state index contributed by atoms with van der Waals surface area (Å²) in [5, 5.41) is 65.2. The van der Waals surface area contributed by atoms with Gasteiger partial charge in [-0.1, -0.05) is 94.4 Å². The third kappa shape index (κ3) is 12.3. The highest BCUT2D eigenvalue weighted by Gasteiger charge is 2.36. The highest BCUT2D eigenvalue weighted by Crippen LogP contribution is 2.49. The van der Waals surface area contributed by atoms with Gasteiger partial charge in [0, 0.05) is 132 Å². The predicted molar refractivity (Wildman–Crippen MR) is 387 cm³/mol. The van der Waals surface area contributed by atoms with Crippen molar-refractivity contribution in [1.29, 1.82) is 5.26 Å². The number of ether oxygens (including phenoxy) is 2. The molecule has 20 heteroatoms. The van der Waals surface area contributed by atoms with E-state index in [0.29, 0.717) is 34.9 Å². The first-order chi connectivity index (χ1) is 48.8. The van der Waals surface area contributed by atoms with Gasteiger partial charge >= 0.3 is 17.9 Å². The molecule has 0 atom stereocenters. The number of halogens is 2. The van der Waals surface area contributed by atoms with Gasteiger partial charge in [0.15, 0.2) is 0 Å². The quantitative estimate of drug-likeness (QED) is 0.0560. The van der Waals surface area contributed by atoms with Gasteiger partial charge in [0.2, 0.25) is 0 Å². The number of hydrogen-bond donors (Lipinski definition) is 6. The SMILES string of the molecule is CC(C)(CC#N)c1c(-c2ccc(C(=O)O)cc2F)c2cc3[nH]ncc3cc2n1-c1ccc(F)cc1.COCC(C)(C)c1c(-c2ccc(C(=O)O)cc2)c2cc3[nH]ncc3cc2n1-c1ccccc1.O=C(O)c1ccc(-c2c(C3CCOCC3)n(-c3ccccc3)c3cc4cn[nH]c4cc23)cc1. The van der Waals surface area contributed by atoms with Crippen molar-refractivity contribution in [2.45, 2.75) is 63.7 Å². The normalized spacial score (nSPS) is 12.8. The van der Waals surface area contributed by atoms with Crippen molar-refractivity contribution in [3.05, 3.63) is 252 Å². The lowest BCUT2D eigenvalue weighted by Gasteiger charge is -2.28. The van der Waals surface area contributed by atoms with Crippen LogP contribution in [0.3, 0.4) is 0 Å². The molecule has 0 bridgehead atoms. The fraction of sp³-hybridized carbons (Fsp3) is 0.173. The summed E-state index contributed by atoms with van der Waals surface area (Å²) >= 11 is 0. The molecule has 15 aromatic rings. The molecule has 0 amide bonds. The molecule has 6 aromatic heterocycles. The zero-order valence-corrected chi connectivity index (χ0v) is 55.7. The number of aromatic nitrogens is 9. The van der Waals surface area contributed by atoms with Gasteiger partial charge in [0.1, 0.15) is 11.6 Å². The number of hydrogen-bond acceptors (Lipinski definition) is 9. The summed E-state index contributed by atoms with van der Waals surface area (Å²) in [6, 6.07) is 59.4. The average Bonchev–Trinajstić information content (AvgIpc) is 1.58. The van der Waals surface area contributed by atoms with Crippen LogP contribution in [0, 0.1) is 23.0 Å². The van der Waals surface area contributed by atoms with E-state index in [1.54, 1.807) is 49.7 Å². The molecule has 0 aliphatic carbocycles. The maximum Gasteiger partial charge on any atom is 0.335 e. The van der Waals surface area contributed by atoms with Gasteiger partial charge in [-0.25, -0.2) is 23.2 Å². The van der Waals surface area contributed by atoms with Crippen LogP contribution in [0.15, 0.2) is 207 Å². The van der Waals surface area contributed by atoms with Crippen LogP contribution in [-0.2, 0) is 20.3 Å². The zero-order chi connectivity index (χ0) is 70.4. The van der Waals surface area contributed by atoms with E-state index >= 15 is 4.39 Å². The first kappa shape index (κ1) is 66.0. The summed E-state index contributed by atoms with van der Waals surface area (Å²) in [6.45, 7) is 10.1. The number of carbonyl (C=O) groups is 3. The van der Waals surface area contributed by atoms with E-state index in [9.17, 15) is 39.4 Å². The van der Waals surface area contributed by atoms with Gasteiger partial charge in [0.05, 0.1) is 81.1 Å². The van der Waals surface area contributed by atoms with Crippen molar-refractivity contribution >= 4 is 83.3 Å². The maximum absolute atomic E-state index is 15.5. The Bertz CT molecular complexity index is 5700. The molecule has 1 aliphatic rings. The van der Waals surface area contributed by atoms with Crippen molar-refractivity contribution in [2.75, 3.05) is 26.9 Å². The molecule has 0 radical (unpaired) electrons. The molecule has 101 heavy (non-hydrogen) atoms. The van der Waals surface area contributed by atoms with Gasteiger partial charge in [-0.15, -0.1) is 0 Å². The molecule has 7 heterocycles. The number of carboxylic acids is 3. The van der Waals surface area contributed by atoms with Crippen molar-refractivity contribution in [1.82, 2.24) is 44.3 Å². The molecular formula is C81H68F2N10O8. The van der Waals surface area contributed by atoms with Crippen LogP contribution in [0.2, 0.25) is 0 Å². The first-order valence-electron chi connectivity index (χ1n) is 32.9.